The zero-order chi connectivity index (χ0) is 13.1. The average Bonchev–Trinajstić information content (AvgIpc) is 2.35. The van der Waals surface area contributed by atoms with Gasteiger partial charge in [-0.3, -0.25) is 0 Å². The summed E-state index contributed by atoms with van der Waals surface area (Å²) >= 11 is 4.14. The van der Waals surface area contributed by atoms with E-state index in [2.05, 4.69) is 20.9 Å². The largest absolute Gasteiger partial charge is 0.392 e. The average molecular weight is 332 g/mol. The maximum Gasteiger partial charge on any atom is 0.140 e. The van der Waals surface area contributed by atoms with Crippen molar-refractivity contribution in [2.75, 3.05) is 0 Å². The molecule has 2 aromatic rings. The number of pyridine rings is 1. The van der Waals surface area contributed by atoms with Crippen molar-refractivity contribution in [2.24, 2.45) is 0 Å². The summed E-state index contributed by atoms with van der Waals surface area (Å²) in [5.41, 5.74) is 0.207. The molecule has 1 N–H and O–H groups in total. The Hall–Kier alpha value is -0.980. The van der Waals surface area contributed by atoms with Gasteiger partial charge in [-0.15, -0.1) is 0 Å². The van der Waals surface area contributed by atoms with Gasteiger partial charge in [0.05, 0.1) is 11.5 Å². The topological polar surface area (TPSA) is 33.1 Å². The molecule has 0 bridgehead atoms. The highest BCUT2D eigenvalue weighted by atomic mass is 79.9. The predicted molar refractivity (Wildman–Crippen MR) is 68.3 cm³/mol. The van der Waals surface area contributed by atoms with E-state index < -0.39 is 18.2 Å². The lowest BCUT2D eigenvalue weighted by Crippen LogP contribution is -1.93. The van der Waals surface area contributed by atoms with E-state index in [1.807, 2.05) is 0 Å². The highest BCUT2D eigenvalue weighted by molar-refractivity contribution is 9.10. The van der Waals surface area contributed by atoms with Gasteiger partial charge >= 0.3 is 0 Å². The van der Waals surface area contributed by atoms with Crippen molar-refractivity contribution in [1.82, 2.24) is 4.98 Å². The Bertz CT molecular complexity index is 539. The highest BCUT2D eigenvalue weighted by Crippen LogP contribution is 2.32. The summed E-state index contributed by atoms with van der Waals surface area (Å²) in [6, 6.07) is 5.63. The second-order valence-electron chi connectivity index (χ2n) is 3.46. The Morgan fingerprint density at radius 1 is 1.22 bits per heavy atom. The summed E-state index contributed by atoms with van der Waals surface area (Å²) in [6.45, 7) is -0.394. The highest BCUT2D eigenvalue weighted by Gasteiger charge is 2.13. The first-order chi connectivity index (χ1) is 8.60. The minimum atomic E-state index is -0.700. The standard InChI is InChI=1S/C12H8BrF2NOS/c13-8-1-2-11(16-5-8)18-12-9(14)3-7(6-17)4-10(12)15/h1-5,17H,6H2. The summed E-state index contributed by atoms with van der Waals surface area (Å²) in [4.78, 5) is 3.91. The fourth-order valence-electron chi connectivity index (χ4n) is 1.33. The minimum absolute atomic E-state index is 0.123. The van der Waals surface area contributed by atoms with Gasteiger partial charge in [0.1, 0.15) is 16.7 Å². The Morgan fingerprint density at radius 3 is 2.39 bits per heavy atom. The molecule has 0 atom stereocenters. The normalized spacial score (nSPS) is 10.7. The van der Waals surface area contributed by atoms with Gasteiger partial charge in [-0.2, -0.15) is 0 Å². The first-order valence-electron chi connectivity index (χ1n) is 4.98. The van der Waals surface area contributed by atoms with Crippen molar-refractivity contribution in [2.45, 2.75) is 16.5 Å². The molecule has 0 saturated carbocycles. The lowest BCUT2D eigenvalue weighted by molar-refractivity contribution is 0.280. The minimum Gasteiger partial charge on any atom is -0.392 e. The zero-order valence-electron chi connectivity index (χ0n) is 9.03. The fraction of sp³-hybridized carbons (Fsp3) is 0.0833. The molecule has 1 aromatic carbocycles. The number of aliphatic hydroxyl groups is 1. The lowest BCUT2D eigenvalue weighted by Gasteiger charge is -2.06. The number of rotatable bonds is 3. The van der Waals surface area contributed by atoms with E-state index >= 15 is 0 Å². The summed E-state index contributed by atoms with van der Waals surface area (Å²) < 4.78 is 28.1. The van der Waals surface area contributed by atoms with Crippen LogP contribution in [0.15, 0.2) is 44.9 Å². The summed E-state index contributed by atoms with van der Waals surface area (Å²) in [5.74, 6) is -1.40. The molecular formula is C12H8BrF2NOS. The van der Waals surface area contributed by atoms with Crippen LogP contribution in [-0.4, -0.2) is 10.1 Å². The Balaban J connectivity index is 2.31. The van der Waals surface area contributed by atoms with Crippen LogP contribution in [0.2, 0.25) is 0 Å². The second-order valence-corrected chi connectivity index (χ2v) is 5.41. The number of aliphatic hydroxyl groups excluding tert-OH is 1. The van der Waals surface area contributed by atoms with Gasteiger partial charge in [-0.1, -0.05) is 11.8 Å². The van der Waals surface area contributed by atoms with Crippen LogP contribution in [0, 0.1) is 11.6 Å². The van der Waals surface area contributed by atoms with Crippen LogP contribution >= 0.6 is 27.7 Å². The van der Waals surface area contributed by atoms with Crippen molar-refractivity contribution >= 4 is 27.7 Å². The molecule has 0 saturated heterocycles. The summed E-state index contributed by atoms with van der Waals surface area (Å²) in [7, 11) is 0. The van der Waals surface area contributed by atoms with E-state index in [1.54, 1.807) is 18.3 Å². The number of benzene rings is 1. The van der Waals surface area contributed by atoms with Crippen LogP contribution in [0.5, 0.6) is 0 Å². The number of hydrogen-bond donors (Lipinski definition) is 1. The molecule has 0 aliphatic rings. The predicted octanol–water partition coefficient (Wildman–Crippen LogP) is 3.77. The van der Waals surface area contributed by atoms with Gasteiger partial charge in [0.15, 0.2) is 0 Å². The van der Waals surface area contributed by atoms with Crippen molar-refractivity contribution in [3.8, 4) is 0 Å². The second kappa shape index (κ2) is 5.77. The molecule has 0 fully saturated rings. The SMILES string of the molecule is OCc1cc(F)c(Sc2ccc(Br)cn2)c(F)c1. The molecule has 18 heavy (non-hydrogen) atoms. The molecule has 1 heterocycles. The maximum absolute atomic E-state index is 13.7. The molecule has 0 aliphatic carbocycles. The molecule has 1 aromatic heterocycles. The van der Waals surface area contributed by atoms with Crippen LogP contribution in [0.3, 0.4) is 0 Å². The summed E-state index contributed by atoms with van der Waals surface area (Å²) in [5, 5.41) is 9.33. The van der Waals surface area contributed by atoms with Crippen LogP contribution in [0.25, 0.3) is 0 Å². The molecule has 0 amide bonds. The molecule has 0 radical (unpaired) electrons. The Labute approximate surface area is 115 Å². The number of aromatic nitrogens is 1. The third kappa shape index (κ3) is 3.07. The molecule has 94 valence electrons. The van der Waals surface area contributed by atoms with Gasteiger partial charge < -0.3 is 5.11 Å². The van der Waals surface area contributed by atoms with Gasteiger partial charge in [0.25, 0.3) is 0 Å². The summed E-state index contributed by atoms with van der Waals surface area (Å²) in [6.07, 6.45) is 1.56. The lowest BCUT2D eigenvalue weighted by atomic mass is 10.2. The molecule has 2 nitrogen and oxygen atoms in total. The van der Waals surface area contributed by atoms with E-state index in [1.165, 1.54) is 0 Å². The van der Waals surface area contributed by atoms with Gasteiger partial charge in [-0.05, 0) is 45.8 Å². The number of hydrogen-bond acceptors (Lipinski definition) is 3. The smallest absolute Gasteiger partial charge is 0.140 e. The van der Waals surface area contributed by atoms with Crippen LogP contribution < -0.4 is 0 Å². The van der Waals surface area contributed by atoms with Gasteiger partial charge in [-0.25, -0.2) is 13.8 Å². The molecule has 0 aliphatic heterocycles. The van der Waals surface area contributed by atoms with Gasteiger partial charge in [0.2, 0.25) is 0 Å². The van der Waals surface area contributed by atoms with Crippen molar-refractivity contribution in [1.29, 1.82) is 0 Å². The monoisotopic (exact) mass is 331 g/mol. The van der Waals surface area contributed by atoms with Crippen molar-refractivity contribution in [3.05, 3.63) is 52.1 Å². The van der Waals surface area contributed by atoms with Crippen molar-refractivity contribution in [3.63, 3.8) is 0 Å². The zero-order valence-corrected chi connectivity index (χ0v) is 11.4. The van der Waals surface area contributed by atoms with E-state index in [-0.39, 0.29) is 10.5 Å². The van der Waals surface area contributed by atoms with Gasteiger partial charge in [0, 0.05) is 10.7 Å². The van der Waals surface area contributed by atoms with Crippen LogP contribution in [0.1, 0.15) is 5.56 Å². The molecule has 0 spiro atoms. The number of nitrogens with zero attached hydrogens (tertiary/aromatic N) is 1. The maximum atomic E-state index is 13.7. The third-order valence-electron chi connectivity index (χ3n) is 2.15. The van der Waals surface area contributed by atoms with Crippen LogP contribution in [-0.2, 0) is 6.61 Å². The fourth-order valence-corrected chi connectivity index (χ4v) is 2.33. The Morgan fingerprint density at radius 2 is 1.89 bits per heavy atom. The van der Waals surface area contributed by atoms with E-state index in [0.29, 0.717) is 5.03 Å². The quantitative estimate of drug-likeness (QED) is 0.929. The first-order valence-corrected chi connectivity index (χ1v) is 6.59. The Kier molecular flexibility index (Phi) is 4.31. The van der Waals surface area contributed by atoms with E-state index in [9.17, 15) is 8.78 Å². The molecule has 2 rings (SSSR count). The van der Waals surface area contributed by atoms with E-state index in [0.717, 1.165) is 28.4 Å². The van der Waals surface area contributed by atoms with E-state index in [4.69, 9.17) is 5.11 Å². The first kappa shape index (κ1) is 13.5. The third-order valence-corrected chi connectivity index (χ3v) is 3.66. The number of halogens is 3. The van der Waals surface area contributed by atoms with Crippen LogP contribution in [0.4, 0.5) is 8.78 Å². The molecular weight excluding hydrogens is 324 g/mol. The molecule has 6 heteroatoms. The molecule has 0 unspecified atom stereocenters. The van der Waals surface area contributed by atoms with Crippen molar-refractivity contribution < 1.29 is 13.9 Å².